The van der Waals surface area contributed by atoms with E-state index in [1.54, 1.807) is 9.80 Å². The molecule has 24 heavy (non-hydrogen) atoms. The monoisotopic (exact) mass is 330 g/mol. The van der Waals surface area contributed by atoms with Gasteiger partial charge in [0, 0.05) is 26.6 Å². The van der Waals surface area contributed by atoms with E-state index in [1.807, 2.05) is 24.3 Å². The number of benzene rings is 1. The van der Waals surface area contributed by atoms with Crippen LogP contribution in [-0.4, -0.2) is 52.3 Å². The van der Waals surface area contributed by atoms with Crippen molar-refractivity contribution in [3.63, 3.8) is 0 Å². The van der Waals surface area contributed by atoms with Crippen molar-refractivity contribution in [2.45, 2.75) is 32.2 Å². The molecule has 2 aliphatic rings. The number of aliphatic carboxylic acids is 1. The van der Waals surface area contributed by atoms with E-state index in [9.17, 15) is 14.4 Å². The largest absolute Gasteiger partial charge is 0.481 e. The molecule has 128 valence electrons. The molecule has 2 amide bonds. The second-order valence-electron chi connectivity index (χ2n) is 6.54. The maximum absolute atomic E-state index is 12.7. The highest BCUT2D eigenvalue weighted by Crippen LogP contribution is 2.33. The Balaban J connectivity index is 1.77. The molecule has 6 nitrogen and oxygen atoms in total. The maximum atomic E-state index is 12.7. The minimum absolute atomic E-state index is 0.0351. The summed E-state index contributed by atoms with van der Waals surface area (Å²) in [6.07, 6.45) is 1.51. The number of carbonyl (C=O) groups is 3. The van der Waals surface area contributed by atoms with E-state index in [0.717, 1.165) is 12.0 Å². The maximum Gasteiger partial charge on any atom is 0.308 e. The zero-order valence-corrected chi connectivity index (χ0v) is 13.8. The van der Waals surface area contributed by atoms with Gasteiger partial charge in [0.05, 0.1) is 18.4 Å². The van der Waals surface area contributed by atoms with E-state index in [2.05, 4.69) is 0 Å². The van der Waals surface area contributed by atoms with Crippen molar-refractivity contribution in [2.24, 2.45) is 5.92 Å². The fourth-order valence-corrected chi connectivity index (χ4v) is 3.73. The minimum Gasteiger partial charge on any atom is -0.481 e. The lowest BCUT2D eigenvalue weighted by molar-refractivity contribution is -0.141. The van der Waals surface area contributed by atoms with Crippen molar-refractivity contribution in [1.29, 1.82) is 0 Å². The summed E-state index contributed by atoms with van der Waals surface area (Å²) < 4.78 is 0. The van der Waals surface area contributed by atoms with E-state index in [1.165, 1.54) is 12.5 Å². The van der Waals surface area contributed by atoms with Gasteiger partial charge in [0.1, 0.15) is 0 Å². The van der Waals surface area contributed by atoms with Crippen LogP contribution in [0.15, 0.2) is 24.3 Å². The van der Waals surface area contributed by atoms with Gasteiger partial charge in [-0.1, -0.05) is 24.3 Å². The molecular weight excluding hydrogens is 308 g/mol. The predicted molar refractivity (Wildman–Crippen MR) is 87.2 cm³/mol. The first kappa shape index (κ1) is 16.5. The van der Waals surface area contributed by atoms with Crippen LogP contribution < -0.4 is 0 Å². The van der Waals surface area contributed by atoms with E-state index < -0.39 is 11.9 Å². The highest BCUT2D eigenvalue weighted by Gasteiger charge is 2.35. The van der Waals surface area contributed by atoms with Crippen molar-refractivity contribution < 1.29 is 19.5 Å². The Labute approximate surface area is 141 Å². The third-order valence-corrected chi connectivity index (χ3v) is 5.07. The lowest BCUT2D eigenvalue weighted by Gasteiger charge is -2.37. The van der Waals surface area contributed by atoms with Gasteiger partial charge in [-0.25, -0.2) is 0 Å². The summed E-state index contributed by atoms with van der Waals surface area (Å²) in [7, 11) is 0. The van der Waals surface area contributed by atoms with Crippen molar-refractivity contribution in [3.05, 3.63) is 35.4 Å². The number of hydrogen-bond donors (Lipinski definition) is 1. The minimum atomic E-state index is -0.848. The van der Waals surface area contributed by atoms with Crippen LogP contribution in [0.3, 0.4) is 0 Å². The molecule has 2 heterocycles. The summed E-state index contributed by atoms with van der Waals surface area (Å²) in [6.45, 7) is 2.89. The van der Waals surface area contributed by atoms with Crippen LogP contribution in [0.5, 0.6) is 0 Å². The fraction of sp³-hybridized carbons (Fsp3) is 0.500. The number of amides is 2. The van der Waals surface area contributed by atoms with Gasteiger partial charge in [-0.3, -0.25) is 14.4 Å². The standard InChI is InChI=1S/C18H22N2O4/c1-12(21)20-9-7-13-4-2-3-5-15(13)16(20)10-17(22)19-8-6-14(11-19)18(23)24/h2-5,14,16H,6-11H2,1H3,(H,23,24)/t14-,16-/m1/s1. The van der Waals surface area contributed by atoms with Gasteiger partial charge >= 0.3 is 5.97 Å². The Bertz CT molecular complexity index is 673. The molecule has 2 atom stereocenters. The van der Waals surface area contributed by atoms with E-state index in [4.69, 9.17) is 5.11 Å². The summed E-state index contributed by atoms with van der Waals surface area (Å²) in [5.74, 6) is -1.44. The third-order valence-electron chi connectivity index (χ3n) is 5.07. The Morgan fingerprint density at radius 3 is 2.62 bits per heavy atom. The molecule has 6 heteroatoms. The van der Waals surface area contributed by atoms with Crippen LogP contribution in [0.4, 0.5) is 0 Å². The number of carbonyl (C=O) groups excluding carboxylic acids is 2. The van der Waals surface area contributed by atoms with Gasteiger partial charge < -0.3 is 14.9 Å². The molecule has 0 bridgehead atoms. The van der Waals surface area contributed by atoms with E-state index in [0.29, 0.717) is 19.5 Å². The molecule has 0 radical (unpaired) electrons. The van der Waals surface area contributed by atoms with Gasteiger partial charge in [0.2, 0.25) is 11.8 Å². The van der Waals surface area contributed by atoms with Crippen LogP contribution in [0.1, 0.15) is 36.9 Å². The van der Waals surface area contributed by atoms with Crippen LogP contribution in [-0.2, 0) is 20.8 Å². The molecule has 2 aliphatic heterocycles. The first-order valence-corrected chi connectivity index (χ1v) is 8.33. The topological polar surface area (TPSA) is 77.9 Å². The molecule has 1 aromatic rings. The normalized spacial score (nSPS) is 23.0. The number of carboxylic acids is 1. The number of nitrogens with zero attached hydrogens (tertiary/aromatic N) is 2. The molecule has 0 spiro atoms. The smallest absolute Gasteiger partial charge is 0.308 e. The number of hydrogen-bond acceptors (Lipinski definition) is 3. The Morgan fingerprint density at radius 2 is 1.96 bits per heavy atom. The Morgan fingerprint density at radius 1 is 1.21 bits per heavy atom. The van der Waals surface area contributed by atoms with Crippen molar-refractivity contribution in [3.8, 4) is 0 Å². The summed E-state index contributed by atoms with van der Waals surface area (Å²) in [5, 5.41) is 9.09. The molecule has 1 fully saturated rings. The van der Waals surface area contributed by atoms with Crippen molar-refractivity contribution in [2.75, 3.05) is 19.6 Å². The predicted octanol–water partition coefficient (Wildman–Crippen LogP) is 1.46. The van der Waals surface area contributed by atoms with Crippen molar-refractivity contribution >= 4 is 17.8 Å². The molecule has 3 rings (SSSR count). The van der Waals surface area contributed by atoms with Crippen molar-refractivity contribution in [1.82, 2.24) is 9.80 Å². The first-order chi connectivity index (χ1) is 11.5. The molecule has 1 aromatic carbocycles. The van der Waals surface area contributed by atoms with Gasteiger partial charge in [-0.15, -0.1) is 0 Å². The lowest BCUT2D eigenvalue weighted by atomic mass is 9.90. The second kappa shape index (κ2) is 6.63. The highest BCUT2D eigenvalue weighted by atomic mass is 16.4. The van der Waals surface area contributed by atoms with E-state index in [-0.39, 0.29) is 30.8 Å². The number of carboxylic acid groups (broad SMARTS) is 1. The van der Waals surface area contributed by atoms with E-state index >= 15 is 0 Å². The molecule has 0 unspecified atom stereocenters. The highest BCUT2D eigenvalue weighted by molar-refractivity contribution is 5.81. The molecule has 1 N–H and O–H groups in total. The quantitative estimate of drug-likeness (QED) is 0.910. The Hall–Kier alpha value is -2.37. The average molecular weight is 330 g/mol. The summed E-state index contributed by atoms with van der Waals surface area (Å²) >= 11 is 0. The number of likely N-dealkylation sites (tertiary alicyclic amines) is 1. The van der Waals surface area contributed by atoms with Crippen LogP contribution in [0.25, 0.3) is 0 Å². The SMILES string of the molecule is CC(=O)N1CCc2ccccc2[C@H]1CC(=O)N1CC[C@@H](C(=O)O)C1. The molecule has 0 aromatic heterocycles. The summed E-state index contributed by atoms with van der Waals surface area (Å²) in [4.78, 5) is 39.1. The zero-order chi connectivity index (χ0) is 17.3. The van der Waals surface area contributed by atoms with Crippen LogP contribution in [0.2, 0.25) is 0 Å². The number of fused-ring (bicyclic) bond motifs is 1. The van der Waals surface area contributed by atoms with Gasteiger partial charge in [-0.05, 0) is 24.0 Å². The summed E-state index contributed by atoms with van der Waals surface area (Å²) in [5.41, 5.74) is 2.21. The molecular formula is C18H22N2O4. The third kappa shape index (κ3) is 3.13. The van der Waals surface area contributed by atoms with Crippen LogP contribution >= 0.6 is 0 Å². The van der Waals surface area contributed by atoms with Gasteiger partial charge in [0.15, 0.2) is 0 Å². The molecule has 0 saturated carbocycles. The zero-order valence-electron chi connectivity index (χ0n) is 13.8. The van der Waals surface area contributed by atoms with Gasteiger partial charge in [-0.2, -0.15) is 0 Å². The Kier molecular flexibility index (Phi) is 4.55. The second-order valence-corrected chi connectivity index (χ2v) is 6.54. The lowest BCUT2D eigenvalue weighted by Crippen LogP contribution is -2.41. The summed E-state index contributed by atoms with van der Waals surface area (Å²) in [6, 6.07) is 7.66. The molecule has 1 saturated heterocycles. The average Bonchev–Trinajstić information content (AvgIpc) is 3.05. The fourth-order valence-electron chi connectivity index (χ4n) is 3.73. The van der Waals surface area contributed by atoms with Gasteiger partial charge in [0.25, 0.3) is 0 Å². The number of rotatable bonds is 3. The first-order valence-electron chi connectivity index (χ1n) is 8.33. The molecule has 0 aliphatic carbocycles. The van der Waals surface area contributed by atoms with Crippen LogP contribution in [0, 0.1) is 5.92 Å².